The Morgan fingerprint density at radius 1 is 1.15 bits per heavy atom. The molecular weight excluding hydrogens is 334 g/mol. The van der Waals surface area contributed by atoms with E-state index in [9.17, 15) is 4.79 Å². The number of likely N-dealkylation sites (N-methyl/N-ethyl adjacent to an activating group) is 1. The van der Waals surface area contributed by atoms with E-state index in [0.29, 0.717) is 5.96 Å². The number of ether oxygens (including phenoxy) is 2. The van der Waals surface area contributed by atoms with Crippen molar-refractivity contribution in [3.05, 3.63) is 0 Å². The smallest absolute Gasteiger partial charge is 0.243 e. The minimum atomic E-state index is -0.0119. The van der Waals surface area contributed by atoms with Gasteiger partial charge in [-0.2, -0.15) is 0 Å². The molecule has 1 heterocycles. The summed E-state index contributed by atoms with van der Waals surface area (Å²) in [5.74, 6) is 0.671. The van der Waals surface area contributed by atoms with Crippen LogP contribution in [0.1, 0.15) is 26.2 Å². The summed E-state index contributed by atoms with van der Waals surface area (Å²) >= 11 is 0. The van der Waals surface area contributed by atoms with E-state index >= 15 is 0 Å². The first-order chi connectivity index (χ1) is 12.6. The summed E-state index contributed by atoms with van der Waals surface area (Å²) in [5, 5.41) is 6.61. The topological polar surface area (TPSA) is 78.4 Å². The monoisotopic (exact) mass is 371 g/mol. The fourth-order valence-corrected chi connectivity index (χ4v) is 2.35. The van der Waals surface area contributed by atoms with Gasteiger partial charge in [-0.3, -0.25) is 9.69 Å². The molecule has 0 aromatic heterocycles. The maximum atomic E-state index is 11.8. The van der Waals surface area contributed by atoms with Crippen LogP contribution in [-0.2, 0) is 14.3 Å². The number of morpholine rings is 1. The summed E-state index contributed by atoms with van der Waals surface area (Å²) in [7, 11) is 3.48. The molecule has 1 amide bonds. The zero-order valence-electron chi connectivity index (χ0n) is 16.8. The maximum absolute atomic E-state index is 11.8. The van der Waals surface area contributed by atoms with Gasteiger partial charge in [-0.1, -0.05) is 13.3 Å². The molecule has 0 atom stereocenters. The summed E-state index contributed by atoms with van der Waals surface area (Å²) in [6.45, 7) is 9.90. The van der Waals surface area contributed by atoms with E-state index in [4.69, 9.17) is 9.47 Å². The van der Waals surface area contributed by atoms with Gasteiger partial charge < -0.3 is 25.0 Å². The van der Waals surface area contributed by atoms with E-state index in [1.165, 1.54) is 0 Å². The largest absolute Gasteiger partial charge is 0.381 e. The lowest BCUT2D eigenvalue weighted by atomic mass is 10.4. The third-order valence-corrected chi connectivity index (χ3v) is 4.10. The van der Waals surface area contributed by atoms with Crippen molar-refractivity contribution in [1.82, 2.24) is 20.4 Å². The molecule has 8 heteroatoms. The molecule has 0 spiro atoms. The fraction of sp³-hybridized carbons (Fsp3) is 0.889. The van der Waals surface area contributed by atoms with Crippen LogP contribution in [0.4, 0.5) is 0 Å². The number of nitrogens with zero attached hydrogens (tertiary/aromatic N) is 3. The highest BCUT2D eigenvalue weighted by Crippen LogP contribution is 1.95. The number of guanidine groups is 1. The number of rotatable bonds is 12. The zero-order chi connectivity index (χ0) is 19.0. The number of amides is 1. The predicted molar refractivity (Wildman–Crippen MR) is 105 cm³/mol. The Morgan fingerprint density at radius 3 is 2.54 bits per heavy atom. The SMILES string of the molecule is CCCCOCCCNC(=NCC(=O)N(C)C)NCCN1CCOCC1. The van der Waals surface area contributed by atoms with Crippen LogP contribution in [0.15, 0.2) is 4.99 Å². The van der Waals surface area contributed by atoms with Crippen molar-refractivity contribution in [2.24, 2.45) is 4.99 Å². The number of carbonyl (C=O) groups excluding carboxylic acids is 1. The lowest BCUT2D eigenvalue weighted by molar-refractivity contribution is -0.127. The van der Waals surface area contributed by atoms with Crippen LogP contribution in [-0.4, -0.2) is 101 Å². The van der Waals surface area contributed by atoms with E-state index in [1.54, 1.807) is 19.0 Å². The summed E-state index contributed by atoms with van der Waals surface area (Å²) in [6, 6.07) is 0. The van der Waals surface area contributed by atoms with Crippen molar-refractivity contribution in [2.75, 3.05) is 79.8 Å². The molecule has 1 fully saturated rings. The lowest BCUT2D eigenvalue weighted by Gasteiger charge is -2.26. The molecule has 1 aliphatic rings. The van der Waals surface area contributed by atoms with E-state index in [-0.39, 0.29) is 12.5 Å². The van der Waals surface area contributed by atoms with Crippen LogP contribution in [0.5, 0.6) is 0 Å². The third-order valence-electron chi connectivity index (χ3n) is 4.10. The number of unbranched alkanes of at least 4 members (excludes halogenated alkanes) is 1. The molecule has 0 saturated carbocycles. The van der Waals surface area contributed by atoms with Gasteiger partial charge in [0.05, 0.1) is 13.2 Å². The molecule has 2 N–H and O–H groups in total. The Bertz CT molecular complexity index is 398. The molecule has 152 valence electrons. The lowest BCUT2D eigenvalue weighted by Crippen LogP contribution is -2.45. The first-order valence-corrected chi connectivity index (χ1v) is 9.73. The molecule has 0 aromatic carbocycles. The molecule has 0 aliphatic carbocycles. The number of aliphatic imine (C=N–C) groups is 1. The van der Waals surface area contributed by atoms with Gasteiger partial charge in [-0.05, 0) is 12.8 Å². The first kappa shape index (κ1) is 22.7. The highest BCUT2D eigenvalue weighted by Gasteiger charge is 2.10. The fourth-order valence-electron chi connectivity index (χ4n) is 2.35. The zero-order valence-corrected chi connectivity index (χ0v) is 16.8. The number of hydrogen-bond donors (Lipinski definition) is 2. The molecule has 0 radical (unpaired) electrons. The summed E-state index contributed by atoms with van der Waals surface area (Å²) in [4.78, 5) is 20.1. The van der Waals surface area contributed by atoms with E-state index in [2.05, 4.69) is 27.4 Å². The van der Waals surface area contributed by atoms with Crippen LogP contribution in [0.25, 0.3) is 0 Å². The molecule has 0 aromatic rings. The maximum Gasteiger partial charge on any atom is 0.243 e. The van der Waals surface area contributed by atoms with Crippen molar-refractivity contribution in [3.63, 3.8) is 0 Å². The van der Waals surface area contributed by atoms with Gasteiger partial charge in [0, 0.05) is 60.0 Å². The molecule has 1 rings (SSSR count). The van der Waals surface area contributed by atoms with Crippen LogP contribution >= 0.6 is 0 Å². The van der Waals surface area contributed by atoms with Crippen LogP contribution < -0.4 is 10.6 Å². The summed E-state index contributed by atoms with van der Waals surface area (Å²) in [6.07, 6.45) is 3.17. The quantitative estimate of drug-likeness (QED) is 0.289. The van der Waals surface area contributed by atoms with Crippen LogP contribution in [0, 0.1) is 0 Å². The van der Waals surface area contributed by atoms with Gasteiger partial charge in [0.15, 0.2) is 5.96 Å². The van der Waals surface area contributed by atoms with E-state index < -0.39 is 0 Å². The number of nitrogens with one attached hydrogen (secondary N) is 2. The van der Waals surface area contributed by atoms with Crippen molar-refractivity contribution < 1.29 is 14.3 Å². The number of carbonyl (C=O) groups is 1. The minimum absolute atomic E-state index is 0.0119. The Balaban J connectivity index is 2.30. The Hall–Kier alpha value is -1.38. The second-order valence-corrected chi connectivity index (χ2v) is 6.58. The molecule has 8 nitrogen and oxygen atoms in total. The molecule has 0 unspecified atom stereocenters. The normalized spacial score (nSPS) is 15.7. The van der Waals surface area contributed by atoms with Crippen LogP contribution in [0.2, 0.25) is 0 Å². The second kappa shape index (κ2) is 14.8. The molecule has 26 heavy (non-hydrogen) atoms. The van der Waals surface area contributed by atoms with Gasteiger partial charge in [-0.25, -0.2) is 4.99 Å². The minimum Gasteiger partial charge on any atom is -0.381 e. The second-order valence-electron chi connectivity index (χ2n) is 6.58. The number of hydrogen-bond acceptors (Lipinski definition) is 5. The third kappa shape index (κ3) is 11.3. The van der Waals surface area contributed by atoms with Crippen molar-refractivity contribution >= 4 is 11.9 Å². The highest BCUT2D eigenvalue weighted by molar-refractivity contribution is 5.84. The van der Waals surface area contributed by atoms with Gasteiger partial charge in [-0.15, -0.1) is 0 Å². The molecular formula is C18H37N5O3. The predicted octanol–water partition coefficient (Wildman–Crippen LogP) is 0.149. The van der Waals surface area contributed by atoms with Crippen molar-refractivity contribution in [3.8, 4) is 0 Å². The van der Waals surface area contributed by atoms with Gasteiger partial charge >= 0.3 is 0 Å². The van der Waals surface area contributed by atoms with Crippen LogP contribution in [0.3, 0.4) is 0 Å². The highest BCUT2D eigenvalue weighted by atomic mass is 16.5. The van der Waals surface area contributed by atoms with E-state index in [1.807, 2.05) is 0 Å². The first-order valence-electron chi connectivity index (χ1n) is 9.73. The molecule has 1 saturated heterocycles. The Morgan fingerprint density at radius 2 is 1.85 bits per heavy atom. The summed E-state index contributed by atoms with van der Waals surface area (Å²) in [5.41, 5.74) is 0. The van der Waals surface area contributed by atoms with Gasteiger partial charge in [0.1, 0.15) is 6.54 Å². The van der Waals surface area contributed by atoms with Gasteiger partial charge in [0.2, 0.25) is 5.91 Å². The standard InChI is InChI=1S/C18H37N5O3/c1-4-5-12-25-13-6-7-19-18(21-16-17(24)22(2)3)20-8-9-23-10-14-26-15-11-23/h4-16H2,1-3H3,(H2,19,20,21). The summed E-state index contributed by atoms with van der Waals surface area (Å²) < 4.78 is 10.9. The van der Waals surface area contributed by atoms with Crippen molar-refractivity contribution in [1.29, 1.82) is 0 Å². The Kier molecular flexibility index (Phi) is 12.9. The van der Waals surface area contributed by atoms with E-state index in [0.717, 1.165) is 78.4 Å². The molecule has 0 bridgehead atoms. The average molecular weight is 372 g/mol. The van der Waals surface area contributed by atoms with Gasteiger partial charge in [0.25, 0.3) is 0 Å². The average Bonchev–Trinajstić information content (AvgIpc) is 2.65. The van der Waals surface area contributed by atoms with Crippen molar-refractivity contribution in [2.45, 2.75) is 26.2 Å². The molecule has 1 aliphatic heterocycles. The Labute approximate surface area is 158 Å².